The molecular formula is C10H16BrN3O. The molecule has 0 aliphatic rings. The topological polar surface area (TPSA) is 61.0 Å². The number of ether oxygens (including phenoxy) is 1. The lowest BCUT2D eigenvalue weighted by molar-refractivity contribution is 0.194. The average Bonchev–Trinajstić information content (AvgIpc) is 2.23. The maximum Gasteiger partial charge on any atom is 0.141 e. The molecule has 15 heavy (non-hydrogen) atoms. The maximum absolute atomic E-state index is 5.77. The van der Waals surface area contributed by atoms with E-state index in [0.29, 0.717) is 5.82 Å². The molecule has 0 bridgehead atoms. The van der Waals surface area contributed by atoms with E-state index >= 15 is 0 Å². The number of hydrogen-bond acceptors (Lipinski definition) is 4. The highest BCUT2D eigenvalue weighted by Gasteiger charge is 2.08. The Hall–Kier alpha value is -0.680. The molecule has 0 aromatic carbocycles. The second kappa shape index (κ2) is 6.02. The fourth-order valence-corrected chi connectivity index (χ4v) is 1.74. The van der Waals surface area contributed by atoms with Crippen LogP contribution < -0.4 is 5.73 Å². The van der Waals surface area contributed by atoms with Crippen LogP contribution in [0.2, 0.25) is 0 Å². The van der Waals surface area contributed by atoms with Gasteiger partial charge in [-0.25, -0.2) is 9.97 Å². The second-order valence-electron chi connectivity index (χ2n) is 3.24. The molecule has 0 fully saturated rings. The lowest BCUT2D eigenvalue weighted by atomic mass is 10.2. The smallest absolute Gasteiger partial charge is 0.141 e. The zero-order valence-electron chi connectivity index (χ0n) is 9.09. The number of nitrogens with zero attached hydrogens (tertiary/aromatic N) is 2. The van der Waals surface area contributed by atoms with E-state index in [-0.39, 0.29) is 0 Å². The summed E-state index contributed by atoms with van der Waals surface area (Å²) in [4.78, 5) is 8.65. The fourth-order valence-electron chi connectivity index (χ4n) is 1.29. The van der Waals surface area contributed by atoms with Crippen LogP contribution in [0, 0.1) is 0 Å². The Labute approximate surface area is 98.4 Å². The van der Waals surface area contributed by atoms with Gasteiger partial charge >= 0.3 is 0 Å². The van der Waals surface area contributed by atoms with Gasteiger partial charge in [-0.2, -0.15) is 0 Å². The molecule has 0 saturated carbocycles. The zero-order valence-corrected chi connectivity index (χ0v) is 10.7. The standard InChI is InChI=1S/C10H16BrN3O/c1-3-7-9(11)10(12)14-8(13-7)5-4-6-15-2/h3-6H2,1-2H3,(H2,12,13,14). The first-order chi connectivity index (χ1) is 7.19. The van der Waals surface area contributed by atoms with Crippen molar-refractivity contribution in [1.29, 1.82) is 0 Å². The predicted octanol–water partition coefficient (Wildman–Crippen LogP) is 1.96. The van der Waals surface area contributed by atoms with Crippen molar-refractivity contribution in [1.82, 2.24) is 9.97 Å². The third-order valence-electron chi connectivity index (χ3n) is 2.08. The van der Waals surface area contributed by atoms with Crippen molar-refractivity contribution in [2.24, 2.45) is 0 Å². The Morgan fingerprint density at radius 2 is 2.13 bits per heavy atom. The van der Waals surface area contributed by atoms with Crippen LogP contribution in [0.1, 0.15) is 24.9 Å². The third kappa shape index (κ3) is 3.43. The van der Waals surface area contributed by atoms with Gasteiger partial charge in [0.1, 0.15) is 11.6 Å². The number of anilines is 1. The molecule has 1 rings (SSSR count). The Morgan fingerprint density at radius 3 is 2.73 bits per heavy atom. The monoisotopic (exact) mass is 273 g/mol. The Balaban J connectivity index is 2.77. The van der Waals surface area contributed by atoms with Gasteiger partial charge in [0.25, 0.3) is 0 Å². The molecule has 1 aromatic rings. The van der Waals surface area contributed by atoms with Gasteiger partial charge < -0.3 is 10.5 Å². The van der Waals surface area contributed by atoms with Gasteiger partial charge in [-0.05, 0) is 28.8 Å². The van der Waals surface area contributed by atoms with Gasteiger partial charge in [-0.1, -0.05) is 6.92 Å². The van der Waals surface area contributed by atoms with E-state index in [1.165, 1.54) is 0 Å². The summed E-state index contributed by atoms with van der Waals surface area (Å²) in [6, 6.07) is 0. The first-order valence-corrected chi connectivity index (χ1v) is 5.78. The minimum absolute atomic E-state index is 0.522. The summed E-state index contributed by atoms with van der Waals surface area (Å²) < 4.78 is 5.80. The van der Waals surface area contributed by atoms with Crippen LogP contribution in [0.3, 0.4) is 0 Å². The first kappa shape index (κ1) is 12.4. The van der Waals surface area contributed by atoms with Crippen LogP contribution in [0.15, 0.2) is 4.47 Å². The summed E-state index contributed by atoms with van der Waals surface area (Å²) in [5.41, 5.74) is 6.74. The Bertz CT molecular complexity index is 331. The van der Waals surface area contributed by atoms with Crippen LogP contribution in [0.25, 0.3) is 0 Å². The summed E-state index contributed by atoms with van der Waals surface area (Å²) >= 11 is 3.38. The predicted molar refractivity (Wildman–Crippen MR) is 63.7 cm³/mol. The van der Waals surface area contributed by atoms with Crippen molar-refractivity contribution >= 4 is 21.7 Å². The van der Waals surface area contributed by atoms with Crippen molar-refractivity contribution < 1.29 is 4.74 Å². The fraction of sp³-hybridized carbons (Fsp3) is 0.600. The van der Waals surface area contributed by atoms with Crippen molar-refractivity contribution in [3.8, 4) is 0 Å². The normalized spacial score (nSPS) is 10.6. The molecule has 0 saturated heterocycles. The van der Waals surface area contributed by atoms with Crippen LogP contribution >= 0.6 is 15.9 Å². The molecule has 0 amide bonds. The van der Waals surface area contributed by atoms with Crippen LogP contribution in [-0.4, -0.2) is 23.7 Å². The van der Waals surface area contributed by atoms with E-state index in [1.807, 2.05) is 6.92 Å². The van der Waals surface area contributed by atoms with Gasteiger partial charge in [0.2, 0.25) is 0 Å². The molecule has 1 aromatic heterocycles. The SMILES string of the molecule is CCc1nc(CCCOC)nc(N)c1Br. The summed E-state index contributed by atoms with van der Waals surface area (Å²) in [5.74, 6) is 1.32. The van der Waals surface area contributed by atoms with E-state index in [4.69, 9.17) is 10.5 Å². The molecule has 5 heteroatoms. The number of halogens is 1. The third-order valence-corrected chi connectivity index (χ3v) is 2.94. The van der Waals surface area contributed by atoms with E-state index < -0.39 is 0 Å². The molecule has 0 aliphatic carbocycles. The van der Waals surface area contributed by atoms with Gasteiger partial charge in [0.05, 0.1) is 10.2 Å². The molecule has 1 heterocycles. The molecule has 0 aliphatic heterocycles. The van der Waals surface area contributed by atoms with Crippen molar-refractivity contribution in [2.75, 3.05) is 19.5 Å². The summed E-state index contributed by atoms with van der Waals surface area (Å²) in [5, 5.41) is 0. The second-order valence-corrected chi connectivity index (χ2v) is 4.03. The van der Waals surface area contributed by atoms with Crippen molar-refractivity contribution in [3.05, 3.63) is 16.0 Å². The summed E-state index contributed by atoms with van der Waals surface area (Å²) in [6.07, 6.45) is 2.57. The van der Waals surface area contributed by atoms with Crippen molar-refractivity contribution in [3.63, 3.8) is 0 Å². The largest absolute Gasteiger partial charge is 0.385 e. The Morgan fingerprint density at radius 1 is 1.40 bits per heavy atom. The number of aryl methyl sites for hydroxylation is 2. The lowest BCUT2D eigenvalue weighted by Gasteiger charge is -2.07. The van der Waals surface area contributed by atoms with E-state index in [2.05, 4.69) is 25.9 Å². The minimum atomic E-state index is 0.522. The molecule has 0 radical (unpaired) electrons. The van der Waals surface area contributed by atoms with Gasteiger partial charge in [0, 0.05) is 20.1 Å². The van der Waals surface area contributed by atoms with Gasteiger partial charge in [-0.15, -0.1) is 0 Å². The molecule has 2 N–H and O–H groups in total. The highest BCUT2D eigenvalue weighted by molar-refractivity contribution is 9.10. The maximum atomic E-state index is 5.77. The molecule has 0 spiro atoms. The van der Waals surface area contributed by atoms with Gasteiger partial charge in [-0.3, -0.25) is 0 Å². The minimum Gasteiger partial charge on any atom is -0.385 e. The van der Waals surface area contributed by atoms with Crippen molar-refractivity contribution in [2.45, 2.75) is 26.2 Å². The lowest BCUT2D eigenvalue weighted by Crippen LogP contribution is -2.06. The molecule has 0 atom stereocenters. The van der Waals surface area contributed by atoms with Crippen LogP contribution in [-0.2, 0) is 17.6 Å². The van der Waals surface area contributed by atoms with E-state index in [9.17, 15) is 0 Å². The number of nitrogen functional groups attached to an aromatic ring is 1. The summed E-state index contributed by atoms with van der Waals surface area (Å²) in [6.45, 7) is 2.77. The van der Waals surface area contributed by atoms with Crippen LogP contribution in [0.4, 0.5) is 5.82 Å². The van der Waals surface area contributed by atoms with E-state index in [0.717, 1.165) is 41.9 Å². The molecule has 84 valence electrons. The quantitative estimate of drug-likeness (QED) is 0.834. The summed E-state index contributed by atoms with van der Waals surface area (Å²) in [7, 11) is 1.69. The number of rotatable bonds is 5. The number of nitrogens with two attached hydrogens (primary N) is 1. The van der Waals surface area contributed by atoms with Crippen LogP contribution in [0.5, 0.6) is 0 Å². The van der Waals surface area contributed by atoms with Gasteiger partial charge in [0.15, 0.2) is 0 Å². The number of hydrogen-bond donors (Lipinski definition) is 1. The molecule has 0 unspecified atom stereocenters. The highest BCUT2D eigenvalue weighted by atomic mass is 79.9. The highest BCUT2D eigenvalue weighted by Crippen LogP contribution is 2.21. The molecule has 4 nitrogen and oxygen atoms in total. The Kier molecular flexibility index (Phi) is 4.98. The van der Waals surface area contributed by atoms with E-state index in [1.54, 1.807) is 7.11 Å². The molecular weight excluding hydrogens is 258 g/mol. The number of aromatic nitrogens is 2. The average molecular weight is 274 g/mol. The first-order valence-electron chi connectivity index (χ1n) is 4.98. The zero-order chi connectivity index (χ0) is 11.3. The number of methoxy groups -OCH3 is 1.